The number of nitrogens with zero attached hydrogens (tertiary/aromatic N) is 1. The van der Waals surface area contributed by atoms with Crippen molar-refractivity contribution in [3.05, 3.63) is 100 Å². The summed E-state index contributed by atoms with van der Waals surface area (Å²) in [5.74, 6) is 4.77. The second kappa shape index (κ2) is 9.22. The summed E-state index contributed by atoms with van der Waals surface area (Å²) in [6, 6.07) is 19.7. The second-order valence-electron chi connectivity index (χ2n) is 6.92. The van der Waals surface area contributed by atoms with Crippen LogP contribution in [0.4, 0.5) is 13.2 Å². The van der Waals surface area contributed by atoms with Crippen LogP contribution in [0.25, 0.3) is 0 Å². The number of hydrogen-bond donors (Lipinski definition) is 1. The van der Waals surface area contributed by atoms with Crippen molar-refractivity contribution in [2.24, 2.45) is 10.9 Å². The fraction of sp³-hybridized carbons (Fsp3) is 0.136. The van der Waals surface area contributed by atoms with Crippen molar-refractivity contribution in [3.63, 3.8) is 0 Å². The van der Waals surface area contributed by atoms with E-state index in [4.69, 9.17) is 17.4 Å². The molecule has 0 amide bonds. The third-order valence-corrected chi connectivity index (χ3v) is 5.90. The number of halogens is 4. The van der Waals surface area contributed by atoms with Gasteiger partial charge in [-0.25, -0.2) is 0 Å². The molecule has 1 unspecified atom stereocenters. The van der Waals surface area contributed by atoms with Crippen LogP contribution in [0.1, 0.15) is 28.2 Å². The van der Waals surface area contributed by atoms with Crippen molar-refractivity contribution in [2.75, 3.05) is 0 Å². The Kier molecular flexibility index (Phi) is 6.80. The minimum absolute atomic E-state index is 0.470. The van der Waals surface area contributed by atoms with Gasteiger partial charge < -0.3 is 10.0 Å². The fourth-order valence-electron chi connectivity index (χ4n) is 3.09. The molecule has 2 N–H and O–H groups in total. The highest BCUT2D eigenvalue weighted by Gasteiger charge is 2.48. The maximum absolute atomic E-state index is 12.6. The number of rotatable bonds is 6. The normalized spacial score (nSPS) is 13.6. The number of aryl methyl sites for hydroxylation is 1. The van der Waals surface area contributed by atoms with Crippen LogP contribution >= 0.6 is 11.6 Å². The Morgan fingerprint density at radius 1 is 0.938 bits per heavy atom. The van der Waals surface area contributed by atoms with Gasteiger partial charge in [0, 0.05) is 5.02 Å². The number of alkyl halides is 3. The molecule has 32 heavy (non-hydrogen) atoms. The van der Waals surface area contributed by atoms with E-state index in [9.17, 15) is 21.6 Å². The van der Waals surface area contributed by atoms with E-state index in [-0.39, 0.29) is 0 Å². The molecule has 0 spiro atoms. The van der Waals surface area contributed by atoms with E-state index in [0.717, 1.165) is 28.8 Å². The van der Waals surface area contributed by atoms with Gasteiger partial charge in [0.2, 0.25) is 0 Å². The van der Waals surface area contributed by atoms with Crippen molar-refractivity contribution >= 4 is 27.4 Å². The van der Waals surface area contributed by atoms with Crippen molar-refractivity contribution in [2.45, 2.75) is 18.3 Å². The maximum Gasteiger partial charge on any atom is 0.534 e. The van der Waals surface area contributed by atoms with Crippen LogP contribution in [0.2, 0.25) is 5.02 Å². The first kappa shape index (κ1) is 23.6. The third kappa shape index (κ3) is 5.23. The Morgan fingerprint density at radius 3 is 1.91 bits per heavy atom. The molecule has 0 aromatic heterocycles. The van der Waals surface area contributed by atoms with Crippen LogP contribution in [-0.2, 0) is 10.1 Å². The van der Waals surface area contributed by atoms with E-state index in [2.05, 4.69) is 9.28 Å². The van der Waals surface area contributed by atoms with Gasteiger partial charge in [0.1, 0.15) is 5.75 Å². The zero-order chi connectivity index (χ0) is 23.5. The molecule has 1 atom stereocenters. The van der Waals surface area contributed by atoms with Gasteiger partial charge in [-0.1, -0.05) is 65.7 Å². The molecule has 10 heteroatoms. The summed E-state index contributed by atoms with van der Waals surface area (Å²) >= 11 is 6.01. The van der Waals surface area contributed by atoms with E-state index in [0.29, 0.717) is 16.3 Å². The van der Waals surface area contributed by atoms with Gasteiger partial charge in [-0.05, 0) is 47.9 Å². The molecule has 5 nitrogen and oxygen atoms in total. The summed E-state index contributed by atoms with van der Waals surface area (Å²) in [6.45, 7) is 1.94. The molecule has 3 aromatic rings. The molecule has 0 radical (unpaired) electrons. The summed E-state index contributed by atoms with van der Waals surface area (Å²) in [5.41, 5.74) is -1.85. The summed E-state index contributed by atoms with van der Waals surface area (Å²) in [6.07, 6.45) is 0. The van der Waals surface area contributed by atoms with Gasteiger partial charge in [-0.2, -0.15) is 26.7 Å². The summed E-state index contributed by atoms with van der Waals surface area (Å²) in [5, 5.41) is 4.51. The zero-order valence-electron chi connectivity index (χ0n) is 16.7. The predicted molar refractivity (Wildman–Crippen MR) is 117 cm³/mol. The fourth-order valence-corrected chi connectivity index (χ4v) is 3.68. The highest BCUT2D eigenvalue weighted by Crippen LogP contribution is 2.33. The smallest absolute Gasteiger partial charge is 0.376 e. The quantitative estimate of drug-likeness (QED) is 0.168. The number of nitrogens with two attached hydrogens (primary N) is 1. The number of hydrazone groups is 1. The first-order valence-corrected chi connectivity index (χ1v) is 11.0. The molecule has 0 aliphatic carbocycles. The largest absolute Gasteiger partial charge is 0.534 e. The standard InChI is InChI=1S/C22H18ClF3N2O3S/c1-14-2-4-17(5-3-14)21(28-27)20(15-6-10-18(23)11-7-15)16-8-12-19(13-9-16)31-32(29,30)22(24,25)26/h2-13,20H,27H2,1H3/b28-21-. The predicted octanol–water partition coefficient (Wildman–Crippen LogP) is 5.37. The lowest BCUT2D eigenvalue weighted by Gasteiger charge is -2.21. The maximum atomic E-state index is 12.6. The van der Waals surface area contributed by atoms with Gasteiger partial charge in [-0.3, -0.25) is 0 Å². The minimum Gasteiger partial charge on any atom is -0.376 e. The highest BCUT2D eigenvalue weighted by atomic mass is 35.5. The molecular weight excluding hydrogens is 465 g/mol. The first-order valence-electron chi connectivity index (χ1n) is 9.23. The molecule has 0 aliphatic rings. The van der Waals surface area contributed by atoms with Gasteiger partial charge in [0.25, 0.3) is 0 Å². The Hall–Kier alpha value is -3.04. The van der Waals surface area contributed by atoms with Gasteiger partial charge >= 0.3 is 15.6 Å². The van der Waals surface area contributed by atoms with Crippen LogP contribution in [0.3, 0.4) is 0 Å². The molecule has 0 fully saturated rings. The summed E-state index contributed by atoms with van der Waals surface area (Å²) in [4.78, 5) is 0. The topological polar surface area (TPSA) is 81.8 Å². The van der Waals surface area contributed by atoms with Crippen LogP contribution < -0.4 is 10.0 Å². The van der Waals surface area contributed by atoms with Crippen molar-refractivity contribution in [1.29, 1.82) is 0 Å². The molecule has 0 saturated carbocycles. The molecule has 3 aromatic carbocycles. The lowest BCUT2D eigenvalue weighted by Crippen LogP contribution is -2.28. The van der Waals surface area contributed by atoms with Crippen LogP contribution in [-0.4, -0.2) is 19.6 Å². The van der Waals surface area contributed by atoms with Crippen LogP contribution in [0.5, 0.6) is 5.75 Å². The molecule has 168 valence electrons. The Bertz CT molecular complexity index is 1210. The Balaban J connectivity index is 2.04. The average molecular weight is 483 g/mol. The van der Waals surface area contributed by atoms with E-state index < -0.39 is 27.3 Å². The van der Waals surface area contributed by atoms with Crippen LogP contribution in [0.15, 0.2) is 77.9 Å². The summed E-state index contributed by atoms with van der Waals surface area (Å²) in [7, 11) is -5.77. The molecule has 0 heterocycles. The monoisotopic (exact) mass is 482 g/mol. The van der Waals surface area contributed by atoms with E-state index in [1.165, 1.54) is 12.1 Å². The Morgan fingerprint density at radius 2 is 1.44 bits per heavy atom. The molecular formula is C22H18ClF3N2O3S. The molecule has 3 rings (SSSR count). The van der Waals surface area contributed by atoms with Gasteiger partial charge in [0.15, 0.2) is 0 Å². The average Bonchev–Trinajstić information content (AvgIpc) is 2.73. The van der Waals surface area contributed by atoms with E-state index in [1.807, 2.05) is 31.2 Å². The first-order chi connectivity index (χ1) is 15.0. The lowest BCUT2D eigenvalue weighted by molar-refractivity contribution is -0.0500. The van der Waals surface area contributed by atoms with Gasteiger partial charge in [-0.15, -0.1) is 0 Å². The summed E-state index contributed by atoms with van der Waals surface area (Å²) < 4.78 is 64.5. The second-order valence-corrected chi connectivity index (χ2v) is 8.89. The van der Waals surface area contributed by atoms with E-state index in [1.54, 1.807) is 24.3 Å². The lowest BCUT2D eigenvalue weighted by atomic mass is 9.84. The van der Waals surface area contributed by atoms with E-state index >= 15 is 0 Å². The van der Waals surface area contributed by atoms with Crippen molar-refractivity contribution in [3.8, 4) is 5.75 Å². The molecule has 0 saturated heterocycles. The van der Waals surface area contributed by atoms with Crippen molar-refractivity contribution in [1.82, 2.24) is 0 Å². The molecule has 0 bridgehead atoms. The van der Waals surface area contributed by atoms with Crippen LogP contribution in [0, 0.1) is 6.92 Å². The van der Waals surface area contributed by atoms with Crippen molar-refractivity contribution < 1.29 is 25.8 Å². The SMILES string of the molecule is Cc1ccc(/C(=N/N)C(c2ccc(Cl)cc2)c2ccc(OS(=O)(=O)C(F)(F)F)cc2)cc1. The number of hydrogen-bond acceptors (Lipinski definition) is 5. The third-order valence-electron chi connectivity index (χ3n) is 4.67. The Labute approximate surface area is 188 Å². The number of benzene rings is 3. The minimum atomic E-state index is -5.77. The zero-order valence-corrected chi connectivity index (χ0v) is 18.2. The molecule has 0 aliphatic heterocycles. The highest BCUT2D eigenvalue weighted by molar-refractivity contribution is 7.88. The van der Waals surface area contributed by atoms with Gasteiger partial charge in [0.05, 0.1) is 11.6 Å².